The number of carbonyl (C=O) groups is 1. The van der Waals surface area contributed by atoms with Crippen LogP contribution in [-0.4, -0.2) is 23.0 Å². The van der Waals surface area contributed by atoms with Gasteiger partial charge in [-0.25, -0.2) is 9.78 Å². The Morgan fingerprint density at radius 3 is 2.81 bits per heavy atom. The molecule has 0 aromatic carbocycles. The number of nitrogens with one attached hydrogen (secondary N) is 1. The number of alkyl halides is 3. The highest BCUT2D eigenvalue weighted by Crippen LogP contribution is 2.36. The van der Waals surface area contributed by atoms with Crippen molar-refractivity contribution >= 4 is 40.4 Å². The first-order valence-electron chi connectivity index (χ1n) is 5.35. The summed E-state index contributed by atoms with van der Waals surface area (Å²) in [4.78, 5) is 18.5. The number of esters is 1. The number of carbonyl (C=O) groups excluding carboxylic acids is 1. The SMILES string of the molecule is COC(=O)c1sccc1Nc1nc(Cl)ncc1C(F)(F)F. The van der Waals surface area contributed by atoms with Crippen LogP contribution in [0.3, 0.4) is 0 Å². The van der Waals surface area contributed by atoms with Crippen LogP contribution >= 0.6 is 22.9 Å². The molecule has 0 fully saturated rings. The average Bonchev–Trinajstić information content (AvgIpc) is 2.84. The fourth-order valence-corrected chi connectivity index (χ4v) is 2.35. The number of anilines is 2. The predicted octanol–water partition coefficient (Wildman–Crippen LogP) is 3.74. The molecule has 112 valence electrons. The number of methoxy groups -OCH3 is 1. The van der Waals surface area contributed by atoms with Crippen LogP contribution in [-0.2, 0) is 10.9 Å². The normalized spacial score (nSPS) is 11.3. The zero-order chi connectivity index (χ0) is 15.6. The molecule has 0 saturated heterocycles. The van der Waals surface area contributed by atoms with Crippen LogP contribution in [0, 0.1) is 0 Å². The molecule has 0 aliphatic rings. The van der Waals surface area contributed by atoms with Crippen LogP contribution in [0.1, 0.15) is 15.2 Å². The van der Waals surface area contributed by atoms with E-state index >= 15 is 0 Å². The lowest BCUT2D eigenvalue weighted by Gasteiger charge is -2.13. The Hall–Kier alpha value is -1.87. The number of rotatable bonds is 3. The number of hydrogen-bond acceptors (Lipinski definition) is 6. The maximum absolute atomic E-state index is 12.9. The Morgan fingerprint density at radius 2 is 2.19 bits per heavy atom. The summed E-state index contributed by atoms with van der Waals surface area (Å²) in [6.07, 6.45) is -4.09. The fourth-order valence-electron chi connectivity index (χ4n) is 1.45. The maximum atomic E-state index is 12.9. The van der Waals surface area contributed by atoms with Crippen molar-refractivity contribution in [3.63, 3.8) is 0 Å². The number of ether oxygens (including phenoxy) is 1. The molecule has 0 saturated carbocycles. The van der Waals surface area contributed by atoms with Crippen molar-refractivity contribution in [2.45, 2.75) is 6.18 Å². The van der Waals surface area contributed by atoms with Gasteiger partial charge >= 0.3 is 12.1 Å². The number of hydrogen-bond donors (Lipinski definition) is 1. The molecular weight excluding hydrogens is 331 g/mol. The Balaban J connectivity index is 2.43. The van der Waals surface area contributed by atoms with Crippen LogP contribution in [0.4, 0.5) is 24.7 Å². The van der Waals surface area contributed by atoms with Gasteiger partial charge in [0.2, 0.25) is 5.28 Å². The van der Waals surface area contributed by atoms with Crippen molar-refractivity contribution < 1.29 is 22.7 Å². The minimum Gasteiger partial charge on any atom is -0.465 e. The van der Waals surface area contributed by atoms with Crippen LogP contribution in [0.2, 0.25) is 5.28 Å². The van der Waals surface area contributed by atoms with Crippen molar-refractivity contribution in [1.82, 2.24) is 9.97 Å². The predicted molar refractivity (Wildman–Crippen MR) is 71.0 cm³/mol. The second kappa shape index (κ2) is 5.86. The maximum Gasteiger partial charge on any atom is 0.421 e. The van der Waals surface area contributed by atoms with E-state index in [0.717, 1.165) is 11.3 Å². The van der Waals surface area contributed by atoms with Gasteiger partial charge in [0.25, 0.3) is 0 Å². The van der Waals surface area contributed by atoms with Crippen molar-refractivity contribution in [2.75, 3.05) is 12.4 Å². The van der Waals surface area contributed by atoms with E-state index in [9.17, 15) is 18.0 Å². The fraction of sp³-hybridized carbons (Fsp3) is 0.182. The van der Waals surface area contributed by atoms with Gasteiger partial charge < -0.3 is 10.1 Å². The summed E-state index contributed by atoms with van der Waals surface area (Å²) in [5.74, 6) is -1.20. The van der Waals surface area contributed by atoms with Crippen LogP contribution in [0.5, 0.6) is 0 Å². The third-order valence-electron chi connectivity index (χ3n) is 2.35. The zero-order valence-corrected chi connectivity index (χ0v) is 11.9. The van der Waals surface area contributed by atoms with Gasteiger partial charge in [-0.15, -0.1) is 11.3 Å². The highest BCUT2D eigenvalue weighted by Gasteiger charge is 2.35. The molecule has 0 aliphatic heterocycles. The first kappa shape index (κ1) is 15.5. The molecule has 21 heavy (non-hydrogen) atoms. The lowest BCUT2D eigenvalue weighted by molar-refractivity contribution is -0.137. The topological polar surface area (TPSA) is 64.1 Å². The van der Waals surface area contributed by atoms with Gasteiger partial charge in [0, 0.05) is 6.20 Å². The van der Waals surface area contributed by atoms with Crippen LogP contribution in [0.15, 0.2) is 17.6 Å². The number of aromatic nitrogens is 2. The van der Waals surface area contributed by atoms with Crippen molar-refractivity contribution in [3.05, 3.63) is 33.4 Å². The van der Waals surface area contributed by atoms with Gasteiger partial charge in [0.1, 0.15) is 16.3 Å². The van der Waals surface area contributed by atoms with Gasteiger partial charge in [-0.2, -0.15) is 18.2 Å². The number of halogens is 4. The molecule has 5 nitrogen and oxygen atoms in total. The minimum atomic E-state index is -4.66. The lowest BCUT2D eigenvalue weighted by atomic mass is 10.3. The highest BCUT2D eigenvalue weighted by atomic mass is 35.5. The Labute approximate surface area is 125 Å². The largest absolute Gasteiger partial charge is 0.465 e. The van der Waals surface area contributed by atoms with Crippen molar-refractivity contribution in [2.24, 2.45) is 0 Å². The van der Waals surface area contributed by atoms with E-state index in [1.807, 2.05) is 0 Å². The summed E-state index contributed by atoms with van der Waals surface area (Å²) >= 11 is 6.54. The van der Waals surface area contributed by atoms with Gasteiger partial charge in [-0.05, 0) is 23.0 Å². The third-order valence-corrected chi connectivity index (χ3v) is 3.43. The second-order valence-electron chi connectivity index (χ2n) is 3.68. The van der Waals surface area contributed by atoms with E-state index in [-0.39, 0.29) is 15.8 Å². The molecule has 0 atom stereocenters. The average molecular weight is 338 g/mol. The summed E-state index contributed by atoms with van der Waals surface area (Å²) in [6, 6.07) is 1.44. The third kappa shape index (κ3) is 3.42. The molecule has 2 aromatic heterocycles. The molecule has 10 heteroatoms. The molecule has 0 radical (unpaired) electrons. The summed E-state index contributed by atoms with van der Waals surface area (Å²) in [5, 5.41) is 3.62. The van der Waals surface area contributed by atoms with Gasteiger partial charge in [0.05, 0.1) is 12.8 Å². The molecule has 0 aliphatic carbocycles. The molecule has 2 aromatic rings. The molecule has 2 rings (SSSR count). The van der Waals surface area contributed by atoms with Crippen molar-refractivity contribution in [1.29, 1.82) is 0 Å². The van der Waals surface area contributed by atoms with Gasteiger partial charge in [-0.3, -0.25) is 0 Å². The standard InChI is InChI=1S/C11H7ClF3N3O2S/c1-20-9(19)7-6(2-3-21-7)17-8-5(11(13,14)15)4-16-10(12)18-8/h2-4H,1H3,(H,16,17,18). The van der Waals surface area contributed by atoms with Crippen molar-refractivity contribution in [3.8, 4) is 0 Å². The number of thiophene rings is 1. The quantitative estimate of drug-likeness (QED) is 0.682. The smallest absolute Gasteiger partial charge is 0.421 e. The van der Waals surface area contributed by atoms with Crippen LogP contribution < -0.4 is 5.32 Å². The first-order valence-corrected chi connectivity index (χ1v) is 6.61. The molecule has 1 N–H and O–H groups in total. The summed E-state index contributed by atoms with van der Waals surface area (Å²) < 4.78 is 43.2. The molecule has 2 heterocycles. The monoisotopic (exact) mass is 337 g/mol. The highest BCUT2D eigenvalue weighted by molar-refractivity contribution is 7.12. The van der Waals surface area contributed by atoms with E-state index in [1.165, 1.54) is 18.6 Å². The van der Waals surface area contributed by atoms with E-state index < -0.39 is 23.5 Å². The molecule has 0 bridgehead atoms. The lowest BCUT2D eigenvalue weighted by Crippen LogP contribution is -2.12. The first-order chi connectivity index (χ1) is 9.82. The Bertz CT molecular complexity index is 675. The molecule has 0 spiro atoms. The van der Waals surface area contributed by atoms with Crippen LogP contribution in [0.25, 0.3) is 0 Å². The van der Waals surface area contributed by atoms with E-state index in [2.05, 4.69) is 20.0 Å². The molecule has 0 amide bonds. The summed E-state index contributed by atoms with van der Waals surface area (Å²) in [6.45, 7) is 0. The van der Waals surface area contributed by atoms with E-state index in [4.69, 9.17) is 11.6 Å². The summed E-state index contributed by atoms with van der Waals surface area (Å²) in [5.41, 5.74) is -0.943. The Kier molecular flexibility index (Phi) is 4.33. The Morgan fingerprint density at radius 1 is 1.48 bits per heavy atom. The minimum absolute atomic E-state index is 0.125. The van der Waals surface area contributed by atoms with Gasteiger partial charge in [0.15, 0.2) is 0 Å². The van der Waals surface area contributed by atoms with E-state index in [1.54, 1.807) is 0 Å². The summed E-state index contributed by atoms with van der Waals surface area (Å²) in [7, 11) is 1.18. The number of nitrogens with zero attached hydrogens (tertiary/aromatic N) is 2. The molecule has 0 unspecified atom stereocenters. The zero-order valence-electron chi connectivity index (χ0n) is 10.4. The van der Waals surface area contributed by atoms with E-state index in [0.29, 0.717) is 6.20 Å². The second-order valence-corrected chi connectivity index (χ2v) is 4.93. The molecular formula is C11H7ClF3N3O2S. The van der Waals surface area contributed by atoms with Gasteiger partial charge in [-0.1, -0.05) is 0 Å².